The van der Waals surface area contributed by atoms with Gasteiger partial charge in [0, 0.05) is 30.9 Å². The van der Waals surface area contributed by atoms with Gasteiger partial charge in [0.1, 0.15) is 18.4 Å². The Morgan fingerprint density at radius 2 is 1.16 bits per heavy atom. The third-order valence-corrected chi connectivity index (χ3v) is 7.90. The molecular weight excluding hydrogens is 662 g/mol. The van der Waals surface area contributed by atoms with E-state index in [1.807, 2.05) is 0 Å². The van der Waals surface area contributed by atoms with Crippen molar-refractivity contribution >= 4 is 18.2 Å². The number of halogens is 6. The minimum atomic E-state index is -4.74. The maximum Gasteiger partial charge on any atom is 0.416 e. The zero-order valence-electron chi connectivity index (χ0n) is 26.6. The van der Waals surface area contributed by atoms with Crippen LogP contribution < -0.4 is 11.1 Å². The molecule has 2 fully saturated rings. The van der Waals surface area contributed by atoms with Crippen molar-refractivity contribution in [1.82, 2.24) is 9.13 Å². The van der Waals surface area contributed by atoms with Gasteiger partial charge in [-0.1, -0.05) is 39.2 Å². The molecule has 49 heavy (non-hydrogen) atoms. The van der Waals surface area contributed by atoms with Crippen molar-refractivity contribution in [2.75, 3.05) is 13.2 Å². The first kappa shape index (κ1) is 41.0. The van der Waals surface area contributed by atoms with Crippen LogP contribution in [-0.4, -0.2) is 40.6 Å². The number of rotatable bonds is 14. The maximum atomic E-state index is 13.1. The lowest BCUT2D eigenvalue weighted by Gasteiger charge is -2.21. The molecule has 2 aromatic rings. The number of aromatic nitrogens is 2. The molecule has 2 atom stereocenters. The predicted molar refractivity (Wildman–Crippen MR) is 168 cm³/mol. The molecule has 9 nitrogen and oxygen atoms in total. The number of pyridine rings is 2. The minimum absolute atomic E-state index is 0. The first-order valence-corrected chi connectivity index (χ1v) is 15.6. The number of aldehydes is 1. The fourth-order valence-electron chi connectivity index (χ4n) is 5.23. The topological polar surface area (TPSA) is 114 Å². The number of carbonyl (C=O) groups is 3. The van der Waals surface area contributed by atoms with E-state index in [1.54, 1.807) is 13.8 Å². The molecule has 0 radical (unpaired) electrons. The molecule has 0 saturated heterocycles. The summed E-state index contributed by atoms with van der Waals surface area (Å²) < 4.78 is 90.4. The van der Waals surface area contributed by atoms with Crippen LogP contribution in [0.2, 0.25) is 0 Å². The van der Waals surface area contributed by atoms with Gasteiger partial charge < -0.3 is 23.4 Å². The van der Waals surface area contributed by atoms with Gasteiger partial charge in [0.25, 0.3) is 11.1 Å². The third kappa shape index (κ3) is 11.5. The Balaban J connectivity index is 0.000000333. The number of allylic oxidation sites excluding steroid dienone is 1. The number of hydrogen-bond acceptors (Lipinski definition) is 7. The lowest BCUT2D eigenvalue weighted by molar-refractivity contribution is -0.148. The van der Waals surface area contributed by atoms with Gasteiger partial charge in [0.2, 0.25) is 0 Å². The summed E-state index contributed by atoms with van der Waals surface area (Å²) in [7, 11) is 0. The van der Waals surface area contributed by atoms with E-state index in [4.69, 9.17) is 9.47 Å². The highest BCUT2D eigenvalue weighted by Gasteiger charge is 2.38. The van der Waals surface area contributed by atoms with Crippen molar-refractivity contribution in [3.05, 3.63) is 80.1 Å². The zero-order valence-corrected chi connectivity index (χ0v) is 26.6. The molecule has 0 amide bonds. The average Bonchev–Trinajstić information content (AvgIpc) is 3.93. The highest BCUT2D eigenvalue weighted by atomic mass is 19.4. The van der Waals surface area contributed by atoms with Crippen LogP contribution in [0, 0.1) is 11.8 Å². The van der Waals surface area contributed by atoms with E-state index in [0.29, 0.717) is 37.2 Å². The van der Waals surface area contributed by atoms with E-state index in [0.717, 1.165) is 47.2 Å². The van der Waals surface area contributed by atoms with E-state index in [1.165, 1.54) is 6.08 Å². The van der Waals surface area contributed by atoms with E-state index in [9.17, 15) is 50.3 Å². The number of carbonyl (C=O) groups excluding carboxylic acids is 3. The quantitative estimate of drug-likeness (QED) is 0.0937. The van der Waals surface area contributed by atoms with E-state index in [2.05, 4.69) is 6.58 Å². The molecule has 2 aromatic heterocycles. The van der Waals surface area contributed by atoms with Gasteiger partial charge in [-0.25, -0.2) is 9.59 Å². The third-order valence-electron chi connectivity index (χ3n) is 7.90. The van der Waals surface area contributed by atoms with Gasteiger partial charge in [-0.05, 0) is 56.1 Å². The van der Waals surface area contributed by atoms with Crippen LogP contribution >= 0.6 is 0 Å². The summed E-state index contributed by atoms with van der Waals surface area (Å²) in [5.41, 5.74) is -4.34. The van der Waals surface area contributed by atoms with Crippen molar-refractivity contribution < 1.29 is 50.2 Å². The molecule has 4 rings (SSSR count). The molecule has 2 aliphatic rings. The molecule has 0 N–H and O–H groups in total. The summed E-state index contributed by atoms with van der Waals surface area (Å²) in [6.07, 6.45) is -1.71. The first-order chi connectivity index (χ1) is 22.5. The number of esters is 2. The summed E-state index contributed by atoms with van der Waals surface area (Å²) in [5, 5.41) is 0. The Labute approximate surface area is 279 Å². The lowest BCUT2D eigenvalue weighted by Crippen LogP contribution is -2.33. The predicted octanol–water partition coefficient (Wildman–Crippen LogP) is 6.65. The van der Waals surface area contributed by atoms with Crippen LogP contribution in [0.15, 0.2) is 46.8 Å². The summed E-state index contributed by atoms with van der Waals surface area (Å²) in [6, 6.07) is -0.871. The Morgan fingerprint density at radius 1 is 0.796 bits per heavy atom. The van der Waals surface area contributed by atoms with E-state index < -0.39 is 65.0 Å². The highest BCUT2D eigenvalue weighted by molar-refractivity contribution is 5.75. The Hall–Kier alpha value is -4.17. The van der Waals surface area contributed by atoms with E-state index in [-0.39, 0.29) is 44.1 Å². The molecule has 0 bridgehead atoms. The monoisotopic (exact) mass is 704 g/mol. The maximum absolute atomic E-state index is 13.1. The van der Waals surface area contributed by atoms with Crippen molar-refractivity contribution in [3.63, 3.8) is 0 Å². The van der Waals surface area contributed by atoms with Gasteiger partial charge >= 0.3 is 24.3 Å². The van der Waals surface area contributed by atoms with Crippen molar-refractivity contribution in [2.24, 2.45) is 11.8 Å². The number of alkyl halides is 6. The van der Waals surface area contributed by atoms with Gasteiger partial charge in [-0.15, -0.1) is 6.58 Å². The summed E-state index contributed by atoms with van der Waals surface area (Å²) in [4.78, 5) is 59.4. The van der Waals surface area contributed by atoms with E-state index >= 15 is 0 Å². The van der Waals surface area contributed by atoms with Crippen LogP contribution in [0.1, 0.15) is 94.1 Å². The van der Waals surface area contributed by atoms with Crippen molar-refractivity contribution in [3.8, 4) is 0 Å². The number of ether oxygens (including phenoxy) is 2. The van der Waals surface area contributed by atoms with Crippen molar-refractivity contribution in [1.29, 1.82) is 0 Å². The molecule has 0 spiro atoms. The van der Waals surface area contributed by atoms with Crippen LogP contribution in [-0.2, 0) is 49.1 Å². The molecule has 15 heteroatoms. The van der Waals surface area contributed by atoms with Crippen LogP contribution in [0.5, 0.6) is 0 Å². The molecule has 2 aliphatic carbocycles. The normalized spacial score (nSPS) is 15.5. The molecule has 2 heterocycles. The second kappa shape index (κ2) is 17.5. The largest absolute Gasteiger partial charge is 0.464 e. The molecule has 0 aromatic carbocycles. The average molecular weight is 705 g/mol. The zero-order chi connectivity index (χ0) is 35.8. The van der Waals surface area contributed by atoms with Gasteiger partial charge in [0.05, 0.1) is 24.3 Å². The standard InChI is InChI=1S/C17H20F3NO3.C16H18F3NO4.CH4/c1-3-5-12-10-21(15(22)9-13(12)17(18,19)20)14(8-11-6-7-11)16(23)24-4-2;1-2-24-15(23)13(7-10-3-4-10)20-9-11(5-6-21)12(8-14(20)22)16(17,18)19;/h3,9-11,14H,1,4-8H2,2H3;6,8-10,13H,2-5,7H2,1H3;1H4. The molecular formula is C34H42F6N2O7. The smallest absolute Gasteiger partial charge is 0.416 e. The summed E-state index contributed by atoms with van der Waals surface area (Å²) in [5.74, 6) is -0.682. The van der Waals surface area contributed by atoms with Crippen LogP contribution in [0.25, 0.3) is 0 Å². The minimum Gasteiger partial charge on any atom is -0.464 e. The Bertz CT molecular complexity index is 1470. The molecule has 2 unspecified atom stereocenters. The SMILES string of the molecule is C.C=CCc1cn(C(CC2CC2)C(=O)OCC)c(=O)cc1C(F)(F)F.CCOC(=O)C(CC1CC1)n1cc(CC=O)c(C(F)(F)F)cc1=O. The Morgan fingerprint density at radius 3 is 1.45 bits per heavy atom. The number of hydrogen-bond donors (Lipinski definition) is 0. The lowest BCUT2D eigenvalue weighted by atomic mass is 10.0. The fraction of sp³-hybridized carbons (Fsp3) is 0.559. The van der Waals surface area contributed by atoms with Crippen molar-refractivity contribution in [2.45, 2.75) is 97.1 Å². The Kier molecular flexibility index (Phi) is 14.6. The summed E-state index contributed by atoms with van der Waals surface area (Å²) in [6.45, 7) is 6.96. The van der Waals surface area contributed by atoms with Crippen LogP contribution in [0.4, 0.5) is 26.3 Å². The van der Waals surface area contributed by atoms with Gasteiger partial charge in [-0.2, -0.15) is 26.3 Å². The molecule has 2 saturated carbocycles. The van der Waals surface area contributed by atoms with Crippen LogP contribution in [0.3, 0.4) is 0 Å². The van der Waals surface area contributed by atoms with Gasteiger partial charge in [0.15, 0.2) is 0 Å². The highest BCUT2D eigenvalue weighted by Crippen LogP contribution is 2.39. The number of nitrogens with zero attached hydrogens (tertiary/aromatic N) is 2. The summed E-state index contributed by atoms with van der Waals surface area (Å²) >= 11 is 0. The first-order valence-electron chi connectivity index (χ1n) is 15.6. The second-order valence-corrected chi connectivity index (χ2v) is 11.7. The molecule has 0 aliphatic heterocycles. The fourth-order valence-corrected chi connectivity index (χ4v) is 5.23. The van der Waals surface area contributed by atoms with Gasteiger partial charge in [-0.3, -0.25) is 9.59 Å². The molecule has 272 valence electrons. The second-order valence-electron chi connectivity index (χ2n) is 11.7.